The second kappa shape index (κ2) is 4.14. The molecule has 1 aromatic heterocycles. The molecule has 0 radical (unpaired) electrons. The van der Waals surface area contributed by atoms with Crippen LogP contribution in [0.25, 0.3) is 11.3 Å². The molecule has 5 heteroatoms. The smallest absolute Gasteiger partial charge is 0.170 e. The van der Waals surface area contributed by atoms with E-state index >= 15 is 0 Å². The van der Waals surface area contributed by atoms with Crippen molar-refractivity contribution in [2.75, 3.05) is 0 Å². The molecule has 16 heavy (non-hydrogen) atoms. The highest BCUT2D eigenvalue weighted by atomic mass is 16.3. The number of hydrogen-bond acceptors (Lipinski definition) is 4. The van der Waals surface area contributed by atoms with Crippen molar-refractivity contribution in [2.24, 2.45) is 0 Å². The maximum absolute atomic E-state index is 11.0. The summed E-state index contributed by atoms with van der Waals surface area (Å²) in [7, 11) is 0. The number of aromatic nitrogens is 3. The Morgan fingerprint density at radius 2 is 2.06 bits per heavy atom. The van der Waals surface area contributed by atoms with E-state index in [9.17, 15) is 9.90 Å². The number of hydrogen-bond donors (Lipinski definition) is 1. The zero-order chi connectivity index (χ0) is 11.5. The fourth-order valence-corrected chi connectivity index (χ4v) is 1.50. The summed E-state index contributed by atoms with van der Waals surface area (Å²) < 4.78 is 1.54. The Labute approximate surface area is 92.3 Å². The van der Waals surface area contributed by atoms with E-state index in [1.807, 2.05) is 6.92 Å². The van der Waals surface area contributed by atoms with Gasteiger partial charge in [0, 0.05) is 12.1 Å². The van der Waals surface area contributed by atoms with Crippen molar-refractivity contribution in [3.63, 3.8) is 0 Å². The monoisotopic (exact) mass is 217 g/mol. The lowest BCUT2D eigenvalue weighted by Crippen LogP contribution is -2.01. The van der Waals surface area contributed by atoms with Gasteiger partial charge < -0.3 is 5.11 Å². The first kappa shape index (κ1) is 10.4. The molecule has 2 rings (SSSR count). The topological polar surface area (TPSA) is 68.0 Å². The average Bonchev–Trinajstić information content (AvgIpc) is 2.72. The third kappa shape index (κ3) is 1.67. The lowest BCUT2D eigenvalue weighted by atomic mass is 10.1. The largest absolute Gasteiger partial charge is 0.508 e. The number of nitrogens with zero attached hydrogens (tertiary/aromatic N) is 3. The summed E-state index contributed by atoms with van der Waals surface area (Å²) in [5, 5.41) is 17.0. The molecule has 0 aliphatic carbocycles. The number of aryl methyl sites for hydroxylation is 1. The van der Waals surface area contributed by atoms with Crippen LogP contribution < -0.4 is 0 Å². The number of aromatic hydroxyl groups is 1. The molecule has 0 aliphatic heterocycles. The number of phenolic OH excluding ortho intramolecular Hbond substituents is 1. The highest BCUT2D eigenvalue weighted by Crippen LogP contribution is 2.22. The van der Waals surface area contributed by atoms with Gasteiger partial charge in [0.25, 0.3) is 0 Å². The number of benzene rings is 1. The zero-order valence-corrected chi connectivity index (χ0v) is 8.79. The molecule has 1 aromatic carbocycles. The number of carbonyl (C=O) groups is 1. The molecule has 0 unspecified atom stereocenters. The van der Waals surface area contributed by atoms with Gasteiger partial charge in [-0.15, -0.1) is 5.10 Å². The van der Waals surface area contributed by atoms with E-state index in [-0.39, 0.29) is 5.75 Å². The summed E-state index contributed by atoms with van der Waals surface area (Å²) in [5.41, 5.74) is 1.75. The molecule has 0 atom stereocenters. The Morgan fingerprint density at radius 1 is 1.38 bits per heavy atom. The van der Waals surface area contributed by atoms with Crippen LogP contribution in [0.1, 0.15) is 17.4 Å². The molecular formula is C11H11N3O2. The van der Waals surface area contributed by atoms with Gasteiger partial charge in [0.05, 0.1) is 0 Å². The van der Waals surface area contributed by atoms with E-state index < -0.39 is 0 Å². The van der Waals surface area contributed by atoms with Gasteiger partial charge in [-0.25, -0.2) is 4.68 Å². The lowest BCUT2D eigenvalue weighted by Gasteiger charge is -1.99. The Balaban J connectivity index is 2.51. The minimum absolute atomic E-state index is 0.180. The highest BCUT2D eigenvalue weighted by Gasteiger charge is 2.12. The second-order valence-corrected chi connectivity index (χ2v) is 3.30. The fourth-order valence-electron chi connectivity index (χ4n) is 1.50. The molecule has 2 aromatic rings. The first-order chi connectivity index (χ1) is 7.76. The normalized spacial score (nSPS) is 10.3. The third-order valence-electron chi connectivity index (χ3n) is 2.33. The Hall–Kier alpha value is -2.17. The Bertz CT molecular complexity index is 502. The quantitative estimate of drug-likeness (QED) is 0.791. The molecule has 0 fully saturated rings. The molecule has 82 valence electrons. The number of carbonyl (C=O) groups excluding carboxylic acids is 1. The van der Waals surface area contributed by atoms with Gasteiger partial charge in [0.2, 0.25) is 0 Å². The molecule has 5 nitrogen and oxygen atoms in total. The van der Waals surface area contributed by atoms with Crippen LogP contribution in [0.15, 0.2) is 24.3 Å². The van der Waals surface area contributed by atoms with Crippen molar-refractivity contribution in [1.82, 2.24) is 15.0 Å². The first-order valence-electron chi connectivity index (χ1n) is 4.94. The summed E-state index contributed by atoms with van der Waals surface area (Å²) in [4.78, 5) is 11.0. The SMILES string of the molecule is CCn1nnc(-c2ccc(O)cc2)c1C=O. The standard InChI is InChI=1S/C11H11N3O2/c1-2-14-10(7-15)11(12-13-14)8-3-5-9(16)6-4-8/h3-7,16H,2H2,1H3. The molecule has 0 bridgehead atoms. The van der Waals surface area contributed by atoms with Crippen LogP contribution in [-0.4, -0.2) is 26.4 Å². The van der Waals surface area contributed by atoms with Gasteiger partial charge in [-0.3, -0.25) is 4.79 Å². The number of phenols is 1. The maximum atomic E-state index is 11.0. The summed E-state index contributed by atoms with van der Waals surface area (Å²) in [5.74, 6) is 0.180. The lowest BCUT2D eigenvalue weighted by molar-refractivity contribution is 0.111. The fraction of sp³-hybridized carbons (Fsp3) is 0.182. The first-order valence-corrected chi connectivity index (χ1v) is 4.94. The molecular weight excluding hydrogens is 206 g/mol. The van der Waals surface area contributed by atoms with Crippen LogP contribution in [0.3, 0.4) is 0 Å². The van der Waals surface area contributed by atoms with Crippen molar-refractivity contribution in [2.45, 2.75) is 13.5 Å². The van der Waals surface area contributed by atoms with Crippen molar-refractivity contribution < 1.29 is 9.90 Å². The molecule has 0 saturated heterocycles. The molecule has 1 heterocycles. The van der Waals surface area contributed by atoms with Crippen molar-refractivity contribution in [1.29, 1.82) is 0 Å². The van der Waals surface area contributed by atoms with E-state index in [0.29, 0.717) is 17.9 Å². The van der Waals surface area contributed by atoms with Crippen LogP contribution >= 0.6 is 0 Å². The Morgan fingerprint density at radius 3 is 2.62 bits per heavy atom. The number of rotatable bonds is 3. The van der Waals surface area contributed by atoms with E-state index in [4.69, 9.17) is 0 Å². The van der Waals surface area contributed by atoms with Crippen molar-refractivity contribution in [3.8, 4) is 17.0 Å². The molecule has 1 N–H and O–H groups in total. The molecule has 0 aliphatic rings. The summed E-state index contributed by atoms with van der Waals surface area (Å²) in [6, 6.07) is 6.50. The Kier molecular flexibility index (Phi) is 2.68. The van der Waals surface area contributed by atoms with Crippen LogP contribution in [0.5, 0.6) is 5.75 Å². The minimum atomic E-state index is 0.180. The third-order valence-corrected chi connectivity index (χ3v) is 2.33. The van der Waals surface area contributed by atoms with Crippen LogP contribution in [-0.2, 0) is 6.54 Å². The van der Waals surface area contributed by atoms with Gasteiger partial charge in [-0.1, -0.05) is 5.21 Å². The summed E-state index contributed by atoms with van der Waals surface area (Å²) in [6.07, 6.45) is 0.742. The van der Waals surface area contributed by atoms with E-state index in [1.165, 1.54) is 4.68 Å². The maximum Gasteiger partial charge on any atom is 0.170 e. The second-order valence-electron chi connectivity index (χ2n) is 3.30. The predicted molar refractivity (Wildman–Crippen MR) is 58.2 cm³/mol. The predicted octanol–water partition coefficient (Wildman–Crippen LogP) is 1.48. The molecule has 0 saturated carbocycles. The highest BCUT2D eigenvalue weighted by molar-refractivity contribution is 5.83. The minimum Gasteiger partial charge on any atom is -0.508 e. The van der Waals surface area contributed by atoms with Crippen LogP contribution in [0.2, 0.25) is 0 Å². The van der Waals surface area contributed by atoms with Gasteiger partial charge in [0.15, 0.2) is 6.29 Å². The van der Waals surface area contributed by atoms with Crippen LogP contribution in [0, 0.1) is 0 Å². The van der Waals surface area contributed by atoms with E-state index in [0.717, 1.165) is 11.8 Å². The van der Waals surface area contributed by atoms with E-state index in [1.54, 1.807) is 24.3 Å². The molecule has 0 amide bonds. The summed E-state index contributed by atoms with van der Waals surface area (Å²) in [6.45, 7) is 2.49. The molecule has 0 spiro atoms. The van der Waals surface area contributed by atoms with Gasteiger partial charge >= 0.3 is 0 Å². The average molecular weight is 217 g/mol. The van der Waals surface area contributed by atoms with Crippen molar-refractivity contribution >= 4 is 6.29 Å². The number of aldehydes is 1. The van der Waals surface area contributed by atoms with Gasteiger partial charge in [0.1, 0.15) is 17.1 Å². The van der Waals surface area contributed by atoms with Crippen LogP contribution in [0.4, 0.5) is 0 Å². The van der Waals surface area contributed by atoms with E-state index in [2.05, 4.69) is 10.3 Å². The van der Waals surface area contributed by atoms with Gasteiger partial charge in [-0.05, 0) is 31.2 Å². The van der Waals surface area contributed by atoms with Gasteiger partial charge in [-0.2, -0.15) is 0 Å². The summed E-state index contributed by atoms with van der Waals surface area (Å²) >= 11 is 0. The zero-order valence-electron chi connectivity index (χ0n) is 8.79. The van der Waals surface area contributed by atoms with Crippen molar-refractivity contribution in [3.05, 3.63) is 30.0 Å².